The van der Waals surface area contributed by atoms with Crippen molar-refractivity contribution in [2.45, 2.75) is 23.9 Å². The SMILES string of the molecule is N#Cc1ccccc1S(=O)(=O)N1CC(N2CCc3sccc3C2)C1. The predicted molar refractivity (Wildman–Crippen MR) is 92.1 cm³/mol. The molecule has 4 rings (SSSR count). The molecule has 1 fully saturated rings. The second-order valence-corrected chi connectivity index (χ2v) is 9.08. The summed E-state index contributed by atoms with van der Waals surface area (Å²) in [5.41, 5.74) is 1.59. The molecule has 0 amide bonds. The van der Waals surface area contributed by atoms with Gasteiger partial charge >= 0.3 is 0 Å². The number of hydrogen-bond acceptors (Lipinski definition) is 5. The maximum atomic E-state index is 12.7. The molecular formula is C17H17N3O2S2. The van der Waals surface area contributed by atoms with Gasteiger partial charge in [0.2, 0.25) is 10.0 Å². The van der Waals surface area contributed by atoms with Gasteiger partial charge in [-0.3, -0.25) is 4.90 Å². The highest BCUT2D eigenvalue weighted by molar-refractivity contribution is 7.89. The molecule has 3 heterocycles. The molecule has 0 spiro atoms. The summed E-state index contributed by atoms with van der Waals surface area (Å²) < 4.78 is 27.0. The monoisotopic (exact) mass is 359 g/mol. The summed E-state index contributed by atoms with van der Waals surface area (Å²) in [4.78, 5) is 3.94. The highest BCUT2D eigenvalue weighted by atomic mass is 32.2. The van der Waals surface area contributed by atoms with Crippen molar-refractivity contribution in [3.8, 4) is 6.07 Å². The first-order valence-electron chi connectivity index (χ1n) is 7.88. The minimum Gasteiger partial charge on any atom is -0.293 e. The Morgan fingerprint density at radius 3 is 2.79 bits per heavy atom. The van der Waals surface area contributed by atoms with Crippen LogP contribution in [-0.2, 0) is 23.0 Å². The second kappa shape index (κ2) is 5.97. The van der Waals surface area contributed by atoms with Crippen molar-refractivity contribution >= 4 is 21.4 Å². The van der Waals surface area contributed by atoms with Gasteiger partial charge in [0, 0.05) is 37.1 Å². The Labute approximate surface area is 145 Å². The van der Waals surface area contributed by atoms with E-state index in [1.165, 1.54) is 20.8 Å². The lowest BCUT2D eigenvalue weighted by Crippen LogP contribution is -2.61. The zero-order valence-electron chi connectivity index (χ0n) is 13.1. The van der Waals surface area contributed by atoms with E-state index in [-0.39, 0.29) is 16.5 Å². The van der Waals surface area contributed by atoms with E-state index in [1.54, 1.807) is 18.2 Å². The highest BCUT2D eigenvalue weighted by Gasteiger charge is 2.41. The molecule has 0 radical (unpaired) electrons. The van der Waals surface area contributed by atoms with Crippen LogP contribution in [0.25, 0.3) is 0 Å². The molecule has 1 aromatic carbocycles. The van der Waals surface area contributed by atoms with Crippen molar-refractivity contribution < 1.29 is 8.42 Å². The lowest BCUT2D eigenvalue weighted by molar-refractivity contribution is 0.0775. The number of fused-ring (bicyclic) bond motifs is 1. The molecule has 0 bridgehead atoms. The van der Waals surface area contributed by atoms with Crippen LogP contribution in [0, 0.1) is 11.3 Å². The molecule has 2 aliphatic rings. The fraction of sp³-hybridized carbons (Fsp3) is 0.353. The van der Waals surface area contributed by atoms with Crippen molar-refractivity contribution in [1.82, 2.24) is 9.21 Å². The van der Waals surface area contributed by atoms with Crippen LogP contribution in [0.15, 0.2) is 40.6 Å². The largest absolute Gasteiger partial charge is 0.293 e. The van der Waals surface area contributed by atoms with Gasteiger partial charge in [0.15, 0.2) is 0 Å². The Kier molecular flexibility index (Phi) is 3.93. The van der Waals surface area contributed by atoms with Crippen LogP contribution in [0.1, 0.15) is 16.0 Å². The van der Waals surface area contributed by atoms with Crippen LogP contribution >= 0.6 is 11.3 Å². The van der Waals surface area contributed by atoms with E-state index >= 15 is 0 Å². The predicted octanol–water partition coefficient (Wildman–Crippen LogP) is 2.05. The van der Waals surface area contributed by atoms with E-state index in [1.807, 2.05) is 17.4 Å². The number of nitriles is 1. The lowest BCUT2D eigenvalue weighted by Gasteiger charge is -2.45. The number of benzene rings is 1. The van der Waals surface area contributed by atoms with Gasteiger partial charge in [-0.15, -0.1) is 11.3 Å². The number of thiophene rings is 1. The molecule has 0 N–H and O–H groups in total. The molecule has 2 aliphatic heterocycles. The molecule has 5 nitrogen and oxygen atoms in total. The van der Waals surface area contributed by atoms with Gasteiger partial charge in [-0.2, -0.15) is 9.57 Å². The smallest absolute Gasteiger partial charge is 0.244 e. The van der Waals surface area contributed by atoms with E-state index < -0.39 is 10.0 Å². The maximum absolute atomic E-state index is 12.7. The maximum Gasteiger partial charge on any atom is 0.244 e. The standard InChI is InChI=1S/C17H17N3O2S2/c18-9-13-3-1-2-4-17(13)24(21,22)20-11-15(12-20)19-7-5-16-14(10-19)6-8-23-16/h1-4,6,8,15H,5,7,10-12H2. The second-order valence-electron chi connectivity index (χ2n) is 6.17. The topological polar surface area (TPSA) is 64.4 Å². The van der Waals surface area contributed by atoms with Crippen LogP contribution in [0.2, 0.25) is 0 Å². The summed E-state index contributed by atoms with van der Waals surface area (Å²) in [5.74, 6) is 0. The molecule has 0 unspecified atom stereocenters. The van der Waals surface area contributed by atoms with Gasteiger partial charge < -0.3 is 0 Å². The minimum atomic E-state index is -3.58. The Morgan fingerprint density at radius 1 is 1.21 bits per heavy atom. The molecule has 7 heteroatoms. The highest BCUT2D eigenvalue weighted by Crippen LogP contribution is 2.30. The van der Waals surface area contributed by atoms with Crippen LogP contribution in [0.4, 0.5) is 0 Å². The van der Waals surface area contributed by atoms with Gasteiger partial charge in [0.1, 0.15) is 6.07 Å². The van der Waals surface area contributed by atoms with E-state index in [9.17, 15) is 8.42 Å². The summed E-state index contributed by atoms with van der Waals surface area (Å²) in [6.45, 7) is 2.90. The van der Waals surface area contributed by atoms with Crippen molar-refractivity contribution in [3.63, 3.8) is 0 Å². The van der Waals surface area contributed by atoms with E-state index in [0.717, 1.165) is 19.5 Å². The number of nitrogens with zero attached hydrogens (tertiary/aromatic N) is 3. The third-order valence-electron chi connectivity index (χ3n) is 4.81. The normalized spacial score (nSPS) is 19.5. The molecular weight excluding hydrogens is 342 g/mol. The molecule has 124 valence electrons. The van der Waals surface area contributed by atoms with E-state index in [0.29, 0.717) is 13.1 Å². The first-order valence-corrected chi connectivity index (χ1v) is 10.2. The van der Waals surface area contributed by atoms with Gasteiger partial charge in [-0.25, -0.2) is 8.42 Å². The number of rotatable bonds is 3. The summed E-state index contributed by atoms with van der Waals surface area (Å²) in [7, 11) is -3.58. The average molecular weight is 359 g/mol. The summed E-state index contributed by atoms with van der Waals surface area (Å²) in [6.07, 6.45) is 1.05. The Hall–Kier alpha value is -1.72. The third kappa shape index (κ3) is 2.56. The molecule has 0 atom stereocenters. The fourth-order valence-electron chi connectivity index (χ4n) is 3.35. The Balaban J connectivity index is 1.47. The van der Waals surface area contributed by atoms with Gasteiger partial charge in [0.25, 0.3) is 0 Å². The van der Waals surface area contributed by atoms with Crippen LogP contribution in [0.5, 0.6) is 0 Å². The first kappa shape index (κ1) is 15.8. The molecule has 1 saturated heterocycles. The van der Waals surface area contributed by atoms with Crippen LogP contribution in [-0.4, -0.2) is 43.3 Å². The number of sulfonamides is 1. The zero-order valence-corrected chi connectivity index (χ0v) is 14.7. The van der Waals surface area contributed by atoms with Gasteiger partial charge in [0.05, 0.1) is 10.5 Å². The van der Waals surface area contributed by atoms with Crippen molar-refractivity contribution in [1.29, 1.82) is 5.26 Å². The molecule has 1 aromatic heterocycles. The lowest BCUT2D eigenvalue weighted by atomic mass is 10.0. The van der Waals surface area contributed by atoms with Crippen LogP contribution in [0.3, 0.4) is 0 Å². The first-order chi connectivity index (χ1) is 11.6. The molecule has 0 saturated carbocycles. The van der Waals surface area contributed by atoms with Crippen LogP contribution < -0.4 is 0 Å². The van der Waals surface area contributed by atoms with Gasteiger partial charge in [-0.05, 0) is 35.6 Å². The third-order valence-corrected chi connectivity index (χ3v) is 7.72. The van der Waals surface area contributed by atoms with Gasteiger partial charge in [-0.1, -0.05) is 12.1 Å². The molecule has 24 heavy (non-hydrogen) atoms. The fourth-order valence-corrected chi connectivity index (χ4v) is 5.90. The summed E-state index contributed by atoms with van der Waals surface area (Å²) >= 11 is 1.81. The van der Waals surface area contributed by atoms with Crippen molar-refractivity contribution in [2.75, 3.05) is 19.6 Å². The average Bonchev–Trinajstić information content (AvgIpc) is 3.01. The molecule has 0 aliphatic carbocycles. The Morgan fingerprint density at radius 2 is 2.00 bits per heavy atom. The molecule has 2 aromatic rings. The van der Waals surface area contributed by atoms with E-state index in [4.69, 9.17) is 5.26 Å². The Bertz CT molecular complexity index is 908. The van der Waals surface area contributed by atoms with Crippen molar-refractivity contribution in [2.24, 2.45) is 0 Å². The summed E-state index contributed by atoms with van der Waals surface area (Å²) in [5, 5.41) is 11.3. The van der Waals surface area contributed by atoms with E-state index in [2.05, 4.69) is 16.3 Å². The zero-order chi connectivity index (χ0) is 16.7. The minimum absolute atomic E-state index is 0.115. The van der Waals surface area contributed by atoms with Crippen molar-refractivity contribution in [3.05, 3.63) is 51.7 Å². The summed E-state index contributed by atoms with van der Waals surface area (Å²) in [6, 6.07) is 10.8. The quantitative estimate of drug-likeness (QED) is 0.841. The number of hydrogen-bond donors (Lipinski definition) is 0.